The van der Waals surface area contributed by atoms with E-state index in [-0.39, 0.29) is 26.4 Å². The molecule has 2 atom stereocenters. The van der Waals surface area contributed by atoms with Gasteiger partial charge in [0.15, 0.2) is 0 Å². The SMILES string of the molecule is CC(N)(CO)COC(=O)/C=C/C(=O)OCC(C)(N)CO. The maximum Gasteiger partial charge on any atom is 0.331 e. The highest BCUT2D eigenvalue weighted by molar-refractivity contribution is 5.91. The summed E-state index contributed by atoms with van der Waals surface area (Å²) in [4.78, 5) is 22.5. The van der Waals surface area contributed by atoms with Gasteiger partial charge in [-0.05, 0) is 13.8 Å². The van der Waals surface area contributed by atoms with E-state index >= 15 is 0 Å². The van der Waals surface area contributed by atoms with E-state index in [0.717, 1.165) is 12.2 Å². The van der Waals surface area contributed by atoms with Crippen LogP contribution in [-0.4, -0.2) is 59.7 Å². The van der Waals surface area contributed by atoms with Gasteiger partial charge in [0.05, 0.1) is 24.3 Å². The van der Waals surface area contributed by atoms with Gasteiger partial charge in [-0.3, -0.25) is 0 Å². The van der Waals surface area contributed by atoms with Gasteiger partial charge in [0, 0.05) is 12.2 Å². The molecular formula is C12H22N2O6. The molecule has 0 aliphatic carbocycles. The molecule has 0 aromatic rings. The molecule has 0 heterocycles. The van der Waals surface area contributed by atoms with Crippen LogP contribution < -0.4 is 11.5 Å². The third kappa shape index (κ3) is 8.59. The second kappa shape index (κ2) is 7.95. The summed E-state index contributed by atoms with van der Waals surface area (Å²) in [5, 5.41) is 17.7. The summed E-state index contributed by atoms with van der Waals surface area (Å²) in [5.41, 5.74) is 9.03. The number of ether oxygens (including phenoxy) is 2. The molecule has 0 saturated heterocycles. The Morgan fingerprint density at radius 3 is 1.50 bits per heavy atom. The maximum absolute atomic E-state index is 11.2. The van der Waals surface area contributed by atoms with Gasteiger partial charge in [-0.1, -0.05) is 0 Å². The lowest BCUT2D eigenvalue weighted by atomic mass is 10.1. The summed E-state index contributed by atoms with van der Waals surface area (Å²) in [7, 11) is 0. The van der Waals surface area contributed by atoms with Crippen molar-refractivity contribution in [1.82, 2.24) is 0 Å². The standard InChI is InChI=1S/C12H22N2O6/c1-11(13,5-15)7-19-9(17)3-4-10(18)20-8-12(2,14)6-16/h3-4,15-16H,5-8,13-14H2,1-2H3/b4-3+. The molecule has 2 unspecified atom stereocenters. The average Bonchev–Trinajstić information content (AvgIpc) is 2.40. The van der Waals surface area contributed by atoms with Crippen LogP contribution in [0.25, 0.3) is 0 Å². The minimum absolute atomic E-state index is 0.187. The lowest BCUT2D eigenvalue weighted by Gasteiger charge is -2.20. The first-order valence-corrected chi connectivity index (χ1v) is 5.93. The fourth-order valence-corrected chi connectivity index (χ4v) is 0.796. The Morgan fingerprint density at radius 2 is 1.25 bits per heavy atom. The summed E-state index contributed by atoms with van der Waals surface area (Å²) in [6.07, 6.45) is 1.76. The summed E-state index contributed by atoms with van der Waals surface area (Å²) in [5.74, 6) is -1.57. The summed E-state index contributed by atoms with van der Waals surface area (Å²) in [6, 6.07) is 0. The molecule has 0 fully saturated rings. The minimum atomic E-state index is -1.04. The smallest absolute Gasteiger partial charge is 0.331 e. The number of hydrogen-bond donors (Lipinski definition) is 4. The fourth-order valence-electron chi connectivity index (χ4n) is 0.796. The third-order valence-electron chi connectivity index (χ3n) is 2.17. The first kappa shape index (κ1) is 18.5. The van der Waals surface area contributed by atoms with Crippen LogP contribution in [0.5, 0.6) is 0 Å². The maximum atomic E-state index is 11.2. The van der Waals surface area contributed by atoms with Crippen molar-refractivity contribution in [3.05, 3.63) is 12.2 Å². The Bertz CT molecular complexity index is 331. The zero-order valence-electron chi connectivity index (χ0n) is 11.7. The second-order valence-electron chi connectivity index (χ2n) is 5.17. The van der Waals surface area contributed by atoms with E-state index in [1.807, 2.05) is 0 Å². The van der Waals surface area contributed by atoms with Crippen molar-refractivity contribution in [3.8, 4) is 0 Å². The van der Waals surface area contributed by atoms with Crippen molar-refractivity contribution >= 4 is 11.9 Å². The number of esters is 2. The van der Waals surface area contributed by atoms with Crippen LogP contribution in [0.4, 0.5) is 0 Å². The zero-order chi connectivity index (χ0) is 15.8. The van der Waals surface area contributed by atoms with E-state index < -0.39 is 23.0 Å². The molecule has 8 heteroatoms. The predicted molar refractivity (Wildman–Crippen MR) is 70.4 cm³/mol. The lowest BCUT2D eigenvalue weighted by Crippen LogP contribution is -2.45. The van der Waals surface area contributed by atoms with Crippen LogP contribution >= 0.6 is 0 Å². The molecule has 116 valence electrons. The van der Waals surface area contributed by atoms with E-state index in [1.165, 1.54) is 13.8 Å². The highest BCUT2D eigenvalue weighted by Gasteiger charge is 2.20. The van der Waals surface area contributed by atoms with Gasteiger partial charge in [0.25, 0.3) is 0 Å². The van der Waals surface area contributed by atoms with Crippen molar-refractivity contribution in [2.24, 2.45) is 11.5 Å². The Hall–Kier alpha value is -1.48. The Kier molecular flexibility index (Phi) is 7.36. The van der Waals surface area contributed by atoms with Crippen molar-refractivity contribution in [3.63, 3.8) is 0 Å². The van der Waals surface area contributed by atoms with Crippen LogP contribution in [0.2, 0.25) is 0 Å². The quantitative estimate of drug-likeness (QED) is 0.298. The van der Waals surface area contributed by atoms with Crippen LogP contribution in [0.15, 0.2) is 12.2 Å². The number of aliphatic hydroxyl groups is 2. The number of aliphatic hydroxyl groups excluding tert-OH is 2. The first-order valence-electron chi connectivity index (χ1n) is 5.93. The van der Waals surface area contributed by atoms with E-state index in [2.05, 4.69) is 0 Å². The number of nitrogens with two attached hydrogens (primary N) is 2. The van der Waals surface area contributed by atoms with Crippen LogP contribution in [0.3, 0.4) is 0 Å². The van der Waals surface area contributed by atoms with Crippen molar-refractivity contribution in [2.45, 2.75) is 24.9 Å². The number of carbonyl (C=O) groups is 2. The predicted octanol–water partition coefficient (Wildman–Crippen LogP) is -1.95. The zero-order valence-corrected chi connectivity index (χ0v) is 11.7. The van der Waals surface area contributed by atoms with Gasteiger partial charge < -0.3 is 31.2 Å². The molecule has 0 saturated carbocycles. The molecule has 0 aromatic heterocycles. The molecule has 6 N–H and O–H groups in total. The van der Waals surface area contributed by atoms with Crippen LogP contribution in [0.1, 0.15) is 13.8 Å². The Morgan fingerprint density at radius 1 is 0.950 bits per heavy atom. The van der Waals surface area contributed by atoms with E-state index in [1.54, 1.807) is 0 Å². The molecule has 0 aromatic carbocycles. The van der Waals surface area contributed by atoms with Gasteiger partial charge in [-0.15, -0.1) is 0 Å². The number of carbonyl (C=O) groups excluding carboxylic acids is 2. The van der Waals surface area contributed by atoms with E-state index in [9.17, 15) is 9.59 Å². The van der Waals surface area contributed by atoms with Gasteiger partial charge in [0.2, 0.25) is 0 Å². The van der Waals surface area contributed by atoms with Gasteiger partial charge in [-0.25, -0.2) is 9.59 Å². The molecule has 0 amide bonds. The highest BCUT2D eigenvalue weighted by atomic mass is 16.5. The van der Waals surface area contributed by atoms with Crippen molar-refractivity contribution in [2.75, 3.05) is 26.4 Å². The fraction of sp³-hybridized carbons (Fsp3) is 0.667. The lowest BCUT2D eigenvalue weighted by molar-refractivity contribution is -0.142. The van der Waals surface area contributed by atoms with Crippen LogP contribution in [-0.2, 0) is 19.1 Å². The van der Waals surface area contributed by atoms with E-state index in [0.29, 0.717) is 0 Å². The molecule has 0 radical (unpaired) electrons. The molecule has 0 bridgehead atoms. The topological polar surface area (TPSA) is 145 Å². The molecule has 0 rings (SSSR count). The molecule has 0 aliphatic rings. The Labute approximate surface area is 117 Å². The molecule has 20 heavy (non-hydrogen) atoms. The molecular weight excluding hydrogens is 268 g/mol. The van der Waals surface area contributed by atoms with Gasteiger partial charge in [-0.2, -0.15) is 0 Å². The van der Waals surface area contributed by atoms with Gasteiger partial charge >= 0.3 is 11.9 Å². The summed E-state index contributed by atoms with van der Waals surface area (Å²) < 4.78 is 9.46. The monoisotopic (exact) mass is 290 g/mol. The van der Waals surface area contributed by atoms with Gasteiger partial charge in [0.1, 0.15) is 13.2 Å². The average molecular weight is 290 g/mol. The largest absolute Gasteiger partial charge is 0.460 e. The highest BCUT2D eigenvalue weighted by Crippen LogP contribution is 2.00. The first-order chi connectivity index (χ1) is 9.12. The molecule has 8 nitrogen and oxygen atoms in total. The number of rotatable bonds is 8. The molecule has 0 aliphatic heterocycles. The number of hydrogen-bond acceptors (Lipinski definition) is 8. The second-order valence-corrected chi connectivity index (χ2v) is 5.17. The third-order valence-corrected chi connectivity index (χ3v) is 2.17. The van der Waals surface area contributed by atoms with Crippen molar-refractivity contribution < 1.29 is 29.3 Å². The normalized spacial score (nSPS) is 17.3. The van der Waals surface area contributed by atoms with Crippen molar-refractivity contribution in [1.29, 1.82) is 0 Å². The minimum Gasteiger partial charge on any atom is -0.460 e. The van der Waals surface area contributed by atoms with Crippen LogP contribution in [0, 0.1) is 0 Å². The summed E-state index contributed by atoms with van der Waals surface area (Å²) >= 11 is 0. The summed E-state index contributed by atoms with van der Waals surface area (Å²) in [6.45, 7) is 1.95. The molecule has 0 spiro atoms. The Balaban J connectivity index is 4.10. The van der Waals surface area contributed by atoms with E-state index in [4.69, 9.17) is 31.2 Å².